The minimum atomic E-state index is -0.0268. The number of aryl methyl sites for hydroxylation is 2. The van der Waals surface area contributed by atoms with Gasteiger partial charge in [-0.25, -0.2) is 0 Å². The van der Waals surface area contributed by atoms with Crippen molar-refractivity contribution in [3.63, 3.8) is 0 Å². The van der Waals surface area contributed by atoms with Gasteiger partial charge in [-0.2, -0.15) is 5.10 Å². The quantitative estimate of drug-likeness (QED) is 0.698. The van der Waals surface area contributed by atoms with E-state index in [9.17, 15) is 4.79 Å². The molecule has 5 heteroatoms. The topological polar surface area (TPSA) is 50.2 Å². The number of benzene rings is 2. The van der Waals surface area contributed by atoms with E-state index in [4.69, 9.17) is 0 Å². The van der Waals surface area contributed by atoms with Crippen molar-refractivity contribution in [2.75, 3.05) is 11.9 Å². The fraction of sp³-hybridized carbons (Fsp3) is 0.273. The molecular weight excluding hydrogens is 336 g/mol. The van der Waals surface area contributed by atoms with Gasteiger partial charge in [0.25, 0.3) is 0 Å². The minimum Gasteiger partial charge on any atom is -0.322 e. The predicted octanol–water partition coefficient (Wildman–Crippen LogP) is 3.68. The van der Waals surface area contributed by atoms with E-state index in [0.29, 0.717) is 19.6 Å². The third kappa shape index (κ3) is 5.05. The minimum absolute atomic E-state index is 0.0268. The molecule has 1 heterocycles. The van der Waals surface area contributed by atoms with Crippen molar-refractivity contribution in [3.8, 4) is 0 Å². The summed E-state index contributed by atoms with van der Waals surface area (Å²) in [5.41, 5.74) is 4.98. The van der Waals surface area contributed by atoms with Gasteiger partial charge in [-0.05, 0) is 25.0 Å². The van der Waals surface area contributed by atoms with E-state index < -0.39 is 0 Å². The van der Waals surface area contributed by atoms with E-state index in [1.165, 1.54) is 11.1 Å². The van der Waals surface area contributed by atoms with Gasteiger partial charge < -0.3 is 5.32 Å². The molecular formula is C22H26N4O. The van der Waals surface area contributed by atoms with Crippen molar-refractivity contribution >= 4 is 11.6 Å². The summed E-state index contributed by atoms with van der Waals surface area (Å²) < 4.78 is 1.79. The van der Waals surface area contributed by atoms with Crippen molar-refractivity contribution < 1.29 is 4.79 Å². The Balaban J connectivity index is 1.72. The number of anilines is 1. The molecule has 1 aromatic heterocycles. The van der Waals surface area contributed by atoms with Crippen molar-refractivity contribution in [2.24, 2.45) is 7.05 Å². The Kier molecular flexibility index (Phi) is 6.04. The van der Waals surface area contributed by atoms with Gasteiger partial charge in [0.05, 0.1) is 23.6 Å². The van der Waals surface area contributed by atoms with Crippen LogP contribution < -0.4 is 5.32 Å². The third-order valence-corrected chi connectivity index (χ3v) is 4.64. The fourth-order valence-electron chi connectivity index (χ4n) is 3.19. The van der Waals surface area contributed by atoms with E-state index in [0.717, 1.165) is 17.1 Å². The lowest BCUT2D eigenvalue weighted by atomic mass is 10.1. The number of rotatable bonds is 7. The molecule has 0 bridgehead atoms. The maximum absolute atomic E-state index is 12.7. The zero-order valence-corrected chi connectivity index (χ0v) is 16.1. The Hall–Kier alpha value is -2.92. The molecule has 3 aromatic rings. The Morgan fingerprint density at radius 3 is 1.93 bits per heavy atom. The highest BCUT2D eigenvalue weighted by atomic mass is 16.2. The Labute approximate surface area is 160 Å². The molecule has 0 fully saturated rings. The van der Waals surface area contributed by atoms with E-state index >= 15 is 0 Å². The average Bonchev–Trinajstić information content (AvgIpc) is 2.89. The molecule has 27 heavy (non-hydrogen) atoms. The lowest BCUT2D eigenvalue weighted by molar-refractivity contribution is -0.117. The summed E-state index contributed by atoms with van der Waals surface area (Å²) in [5.74, 6) is -0.0268. The lowest BCUT2D eigenvalue weighted by Crippen LogP contribution is -2.32. The molecule has 0 atom stereocenters. The van der Waals surface area contributed by atoms with Crippen LogP contribution >= 0.6 is 0 Å². The molecule has 2 aromatic carbocycles. The second-order valence-electron chi connectivity index (χ2n) is 6.83. The summed E-state index contributed by atoms with van der Waals surface area (Å²) in [6.45, 7) is 5.62. The molecule has 5 nitrogen and oxygen atoms in total. The maximum Gasteiger partial charge on any atom is 0.238 e. The maximum atomic E-state index is 12.7. The van der Waals surface area contributed by atoms with Crippen LogP contribution in [-0.2, 0) is 24.9 Å². The van der Waals surface area contributed by atoms with Crippen LogP contribution in [0.1, 0.15) is 22.5 Å². The second kappa shape index (κ2) is 8.64. The van der Waals surface area contributed by atoms with Crippen LogP contribution in [0.25, 0.3) is 0 Å². The summed E-state index contributed by atoms with van der Waals surface area (Å²) in [6.07, 6.45) is 0. The molecule has 0 aliphatic carbocycles. The van der Waals surface area contributed by atoms with Crippen LogP contribution in [0.3, 0.4) is 0 Å². The first-order valence-corrected chi connectivity index (χ1v) is 9.13. The average molecular weight is 362 g/mol. The summed E-state index contributed by atoms with van der Waals surface area (Å²) in [6, 6.07) is 20.5. The first kappa shape index (κ1) is 18.9. The second-order valence-corrected chi connectivity index (χ2v) is 6.83. The summed E-state index contributed by atoms with van der Waals surface area (Å²) in [4.78, 5) is 14.9. The number of hydrogen-bond acceptors (Lipinski definition) is 3. The van der Waals surface area contributed by atoms with Gasteiger partial charge in [0.15, 0.2) is 0 Å². The first-order chi connectivity index (χ1) is 13.0. The molecule has 3 rings (SSSR count). The lowest BCUT2D eigenvalue weighted by Gasteiger charge is -2.22. The molecule has 0 saturated heterocycles. The third-order valence-electron chi connectivity index (χ3n) is 4.64. The van der Waals surface area contributed by atoms with Crippen LogP contribution in [0.2, 0.25) is 0 Å². The molecule has 0 radical (unpaired) electrons. The van der Waals surface area contributed by atoms with Gasteiger partial charge in [0, 0.05) is 20.1 Å². The van der Waals surface area contributed by atoms with Crippen LogP contribution in [-0.4, -0.2) is 27.1 Å². The predicted molar refractivity (Wildman–Crippen MR) is 108 cm³/mol. The number of aromatic nitrogens is 2. The van der Waals surface area contributed by atoms with Gasteiger partial charge in [0.1, 0.15) is 0 Å². The van der Waals surface area contributed by atoms with Gasteiger partial charge in [-0.1, -0.05) is 60.7 Å². The largest absolute Gasteiger partial charge is 0.322 e. The number of amides is 1. The molecule has 0 spiro atoms. The van der Waals surface area contributed by atoms with E-state index in [2.05, 4.69) is 39.6 Å². The Morgan fingerprint density at radius 1 is 0.963 bits per heavy atom. The van der Waals surface area contributed by atoms with Crippen LogP contribution in [0.5, 0.6) is 0 Å². The highest BCUT2D eigenvalue weighted by molar-refractivity contribution is 5.93. The number of carbonyl (C=O) groups is 1. The molecule has 0 unspecified atom stereocenters. The normalized spacial score (nSPS) is 11.0. The summed E-state index contributed by atoms with van der Waals surface area (Å²) in [7, 11) is 1.88. The fourth-order valence-corrected chi connectivity index (χ4v) is 3.19. The number of nitrogens with zero attached hydrogens (tertiary/aromatic N) is 3. The smallest absolute Gasteiger partial charge is 0.238 e. The van der Waals surface area contributed by atoms with Crippen LogP contribution in [0.4, 0.5) is 5.69 Å². The molecule has 0 aliphatic heterocycles. The summed E-state index contributed by atoms with van der Waals surface area (Å²) in [5, 5.41) is 7.40. The monoisotopic (exact) mass is 362 g/mol. The molecule has 0 aliphatic rings. The Bertz CT molecular complexity index is 846. The first-order valence-electron chi connectivity index (χ1n) is 9.13. The van der Waals surface area contributed by atoms with Crippen LogP contribution in [0.15, 0.2) is 60.7 Å². The van der Waals surface area contributed by atoms with E-state index in [-0.39, 0.29) is 5.91 Å². The molecule has 140 valence electrons. The standard InChI is InChI=1S/C22H26N4O/c1-17-22(18(2)25(3)24-17)23-21(27)16-26(14-19-10-6-4-7-11-19)15-20-12-8-5-9-13-20/h4-13H,14-16H2,1-3H3,(H,23,27). The SMILES string of the molecule is Cc1nn(C)c(C)c1NC(=O)CN(Cc1ccccc1)Cc1ccccc1. The van der Waals surface area contributed by atoms with Gasteiger partial charge in [-0.15, -0.1) is 0 Å². The highest BCUT2D eigenvalue weighted by Gasteiger charge is 2.16. The van der Waals surface area contributed by atoms with Crippen molar-refractivity contribution in [3.05, 3.63) is 83.2 Å². The van der Waals surface area contributed by atoms with E-state index in [1.807, 2.05) is 57.3 Å². The van der Waals surface area contributed by atoms with Crippen molar-refractivity contribution in [1.82, 2.24) is 14.7 Å². The number of nitrogens with one attached hydrogen (secondary N) is 1. The zero-order chi connectivity index (χ0) is 19.2. The summed E-state index contributed by atoms with van der Waals surface area (Å²) >= 11 is 0. The molecule has 1 N–H and O–H groups in total. The van der Waals surface area contributed by atoms with Crippen molar-refractivity contribution in [2.45, 2.75) is 26.9 Å². The van der Waals surface area contributed by atoms with Crippen LogP contribution in [0, 0.1) is 13.8 Å². The highest BCUT2D eigenvalue weighted by Crippen LogP contribution is 2.18. The van der Waals surface area contributed by atoms with Gasteiger partial charge >= 0.3 is 0 Å². The number of hydrogen-bond donors (Lipinski definition) is 1. The molecule has 1 amide bonds. The zero-order valence-electron chi connectivity index (χ0n) is 16.1. The number of carbonyl (C=O) groups excluding carboxylic acids is 1. The van der Waals surface area contributed by atoms with Crippen molar-refractivity contribution in [1.29, 1.82) is 0 Å². The van der Waals surface area contributed by atoms with Gasteiger partial charge in [0.2, 0.25) is 5.91 Å². The Morgan fingerprint density at radius 2 is 1.48 bits per heavy atom. The van der Waals surface area contributed by atoms with E-state index in [1.54, 1.807) is 4.68 Å². The van der Waals surface area contributed by atoms with Gasteiger partial charge in [-0.3, -0.25) is 14.4 Å². The molecule has 0 saturated carbocycles.